The predicted octanol–water partition coefficient (Wildman–Crippen LogP) is 4.23. The van der Waals surface area contributed by atoms with Gasteiger partial charge in [0.05, 0.1) is 6.42 Å². The number of H-pyrrole nitrogens is 1. The molecule has 8 heteroatoms. The van der Waals surface area contributed by atoms with Crippen molar-refractivity contribution in [2.45, 2.75) is 32.4 Å². The minimum atomic E-state index is -4.15. The molecule has 0 saturated heterocycles. The molecule has 25 heavy (non-hydrogen) atoms. The summed E-state index contributed by atoms with van der Waals surface area (Å²) >= 11 is 0. The van der Waals surface area contributed by atoms with E-state index in [0.717, 1.165) is 18.4 Å². The van der Waals surface area contributed by atoms with E-state index < -0.39 is 12.6 Å². The summed E-state index contributed by atoms with van der Waals surface area (Å²) in [6.07, 6.45) is -1.32. The number of hydrogen-bond acceptors (Lipinski definition) is 1. The molecule has 2 aromatic rings. The Morgan fingerprint density at radius 1 is 1.20 bits per heavy atom. The fourth-order valence-electron chi connectivity index (χ4n) is 2.46. The molecule has 0 amide bonds. The zero-order chi connectivity index (χ0) is 17.4. The molecule has 0 fully saturated rings. The second-order valence-corrected chi connectivity index (χ2v) is 5.52. The fraction of sp³-hybridized carbons (Fsp3) is 0.471. The van der Waals surface area contributed by atoms with Gasteiger partial charge in [-0.1, -0.05) is 18.2 Å². The topological polar surface area (TPSA) is 52.2 Å². The zero-order valence-corrected chi connectivity index (χ0v) is 16.4. The van der Waals surface area contributed by atoms with E-state index in [0.29, 0.717) is 19.0 Å². The molecule has 0 radical (unpaired) electrons. The SMILES string of the molecule is CCNC(=NCCCc1c[nH]c2ccccc12)NCCC(F)(F)F.I. The first kappa shape index (κ1) is 21.6. The van der Waals surface area contributed by atoms with Crippen molar-refractivity contribution in [2.24, 2.45) is 4.99 Å². The van der Waals surface area contributed by atoms with Crippen molar-refractivity contribution in [1.82, 2.24) is 15.6 Å². The lowest BCUT2D eigenvalue weighted by Crippen LogP contribution is -2.39. The van der Waals surface area contributed by atoms with E-state index in [2.05, 4.69) is 26.7 Å². The highest BCUT2D eigenvalue weighted by Gasteiger charge is 2.26. The van der Waals surface area contributed by atoms with Crippen LogP contribution in [0.3, 0.4) is 0 Å². The molecular formula is C17H24F3IN4. The van der Waals surface area contributed by atoms with Crippen molar-refractivity contribution < 1.29 is 13.2 Å². The number of rotatable bonds is 7. The maximum atomic E-state index is 12.2. The quantitative estimate of drug-likeness (QED) is 0.247. The van der Waals surface area contributed by atoms with Crippen LogP contribution in [0, 0.1) is 0 Å². The van der Waals surface area contributed by atoms with Gasteiger partial charge in [-0.25, -0.2) is 0 Å². The molecule has 140 valence electrons. The molecule has 0 aliphatic heterocycles. The Hall–Kier alpha value is -1.45. The monoisotopic (exact) mass is 468 g/mol. The Labute approximate surface area is 162 Å². The van der Waals surface area contributed by atoms with E-state index in [4.69, 9.17) is 0 Å². The third-order valence-corrected chi connectivity index (χ3v) is 3.59. The van der Waals surface area contributed by atoms with Gasteiger partial charge in [0.1, 0.15) is 0 Å². The lowest BCUT2D eigenvalue weighted by atomic mass is 10.1. The maximum Gasteiger partial charge on any atom is 0.390 e. The van der Waals surface area contributed by atoms with Crippen LogP contribution in [0.1, 0.15) is 25.3 Å². The summed E-state index contributed by atoms with van der Waals surface area (Å²) in [4.78, 5) is 7.56. The van der Waals surface area contributed by atoms with Crippen LogP contribution in [0.5, 0.6) is 0 Å². The molecule has 0 aliphatic carbocycles. The molecule has 0 bridgehead atoms. The maximum absolute atomic E-state index is 12.2. The van der Waals surface area contributed by atoms with Crippen LogP contribution < -0.4 is 10.6 Å². The second kappa shape index (κ2) is 10.5. The number of aromatic amines is 1. The highest BCUT2D eigenvalue weighted by molar-refractivity contribution is 14.0. The Bertz CT molecular complexity index is 667. The van der Waals surface area contributed by atoms with Gasteiger partial charge in [-0.2, -0.15) is 13.2 Å². The Kier molecular flexibility index (Phi) is 9.09. The van der Waals surface area contributed by atoms with Crippen LogP contribution in [0.15, 0.2) is 35.5 Å². The van der Waals surface area contributed by atoms with Gasteiger partial charge in [0.15, 0.2) is 5.96 Å². The summed E-state index contributed by atoms with van der Waals surface area (Å²) < 4.78 is 36.5. The number of hydrogen-bond donors (Lipinski definition) is 3. The van der Waals surface area contributed by atoms with Crippen molar-refractivity contribution in [3.05, 3.63) is 36.0 Å². The number of nitrogens with one attached hydrogen (secondary N) is 3. The fourth-order valence-corrected chi connectivity index (χ4v) is 2.46. The van der Waals surface area contributed by atoms with Crippen molar-refractivity contribution in [3.63, 3.8) is 0 Å². The molecule has 0 unspecified atom stereocenters. The first-order valence-electron chi connectivity index (χ1n) is 8.13. The number of benzene rings is 1. The highest BCUT2D eigenvalue weighted by Crippen LogP contribution is 2.19. The lowest BCUT2D eigenvalue weighted by Gasteiger charge is -2.12. The summed E-state index contributed by atoms with van der Waals surface area (Å²) in [6, 6.07) is 8.10. The number of nitrogens with zero attached hydrogens (tertiary/aromatic N) is 1. The van der Waals surface area contributed by atoms with Crippen LogP contribution in [0.2, 0.25) is 0 Å². The van der Waals surface area contributed by atoms with Crippen LogP contribution in [-0.2, 0) is 6.42 Å². The molecule has 1 aromatic carbocycles. The molecule has 2 rings (SSSR count). The first-order chi connectivity index (χ1) is 11.5. The number of alkyl halides is 3. The number of guanidine groups is 1. The summed E-state index contributed by atoms with van der Waals surface area (Å²) in [5.74, 6) is 0.431. The van der Waals surface area contributed by atoms with E-state index >= 15 is 0 Å². The van der Waals surface area contributed by atoms with Gasteiger partial charge >= 0.3 is 6.18 Å². The molecule has 0 spiro atoms. The normalized spacial score (nSPS) is 12.1. The minimum absolute atomic E-state index is 0. The molecule has 1 aromatic heterocycles. The summed E-state index contributed by atoms with van der Waals surface area (Å²) in [6.45, 7) is 2.88. The van der Waals surface area contributed by atoms with Gasteiger partial charge in [0.25, 0.3) is 0 Å². The predicted molar refractivity (Wildman–Crippen MR) is 107 cm³/mol. The van der Waals surface area contributed by atoms with Crippen molar-refractivity contribution >= 4 is 40.8 Å². The van der Waals surface area contributed by atoms with Crippen LogP contribution in [0.25, 0.3) is 10.9 Å². The minimum Gasteiger partial charge on any atom is -0.361 e. The second-order valence-electron chi connectivity index (χ2n) is 5.52. The van der Waals surface area contributed by atoms with E-state index in [1.54, 1.807) is 0 Å². The van der Waals surface area contributed by atoms with E-state index in [1.165, 1.54) is 10.9 Å². The summed E-state index contributed by atoms with van der Waals surface area (Å²) in [5.41, 5.74) is 2.34. The van der Waals surface area contributed by atoms with Gasteiger partial charge in [0.2, 0.25) is 0 Å². The first-order valence-corrected chi connectivity index (χ1v) is 8.13. The number of fused-ring (bicyclic) bond motifs is 1. The number of aliphatic imine (C=N–C) groups is 1. The average Bonchev–Trinajstić information content (AvgIpc) is 2.93. The molecular weight excluding hydrogens is 444 g/mol. The van der Waals surface area contributed by atoms with Crippen molar-refractivity contribution in [3.8, 4) is 0 Å². The van der Waals surface area contributed by atoms with Crippen molar-refractivity contribution in [1.29, 1.82) is 0 Å². The summed E-state index contributed by atoms with van der Waals surface area (Å²) in [7, 11) is 0. The molecule has 4 nitrogen and oxygen atoms in total. The van der Waals surface area contributed by atoms with Crippen LogP contribution >= 0.6 is 24.0 Å². The van der Waals surface area contributed by atoms with Gasteiger partial charge in [-0.15, -0.1) is 24.0 Å². The largest absolute Gasteiger partial charge is 0.390 e. The van der Waals surface area contributed by atoms with Gasteiger partial charge in [0, 0.05) is 36.7 Å². The number of aromatic nitrogens is 1. The Morgan fingerprint density at radius 3 is 2.68 bits per heavy atom. The average molecular weight is 468 g/mol. The van der Waals surface area contributed by atoms with E-state index in [9.17, 15) is 13.2 Å². The lowest BCUT2D eigenvalue weighted by molar-refractivity contribution is -0.132. The van der Waals surface area contributed by atoms with Gasteiger partial charge in [-0.3, -0.25) is 4.99 Å². The van der Waals surface area contributed by atoms with Gasteiger partial charge < -0.3 is 15.6 Å². The third kappa shape index (κ3) is 7.54. The summed E-state index contributed by atoms with van der Waals surface area (Å²) in [5, 5.41) is 6.88. The number of halogens is 4. The third-order valence-electron chi connectivity index (χ3n) is 3.59. The van der Waals surface area contributed by atoms with Gasteiger partial charge in [-0.05, 0) is 31.4 Å². The Morgan fingerprint density at radius 2 is 1.96 bits per heavy atom. The molecule has 0 atom stereocenters. The van der Waals surface area contributed by atoms with E-state index in [1.807, 2.05) is 31.3 Å². The van der Waals surface area contributed by atoms with Crippen molar-refractivity contribution in [2.75, 3.05) is 19.6 Å². The molecule has 0 saturated carbocycles. The van der Waals surface area contributed by atoms with Crippen LogP contribution in [-0.4, -0.2) is 36.8 Å². The highest BCUT2D eigenvalue weighted by atomic mass is 127. The smallest absolute Gasteiger partial charge is 0.361 e. The molecule has 3 N–H and O–H groups in total. The van der Waals surface area contributed by atoms with Crippen LogP contribution in [0.4, 0.5) is 13.2 Å². The van der Waals surface area contributed by atoms with E-state index in [-0.39, 0.29) is 30.5 Å². The zero-order valence-electron chi connectivity index (χ0n) is 14.1. The molecule has 1 heterocycles. The number of para-hydroxylation sites is 1. The Balaban J connectivity index is 0.00000312. The number of aryl methyl sites for hydroxylation is 1. The molecule has 0 aliphatic rings. The standard InChI is InChI=1S/C17H23F3N4.HI/c1-2-21-16(23-11-9-17(18,19)20)22-10-5-6-13-12-24-15-8-4-3-7-14(13)15;/h3-4,7-8,12,24H,2,5-6,9-11H2,1H3,(H2,21,22,23);1H.